The molecule has 0 radical (unpaired) electrons. The first-order chi connectivity index (χ1) is 17.3. The standard InChI is InChI=1S/C24H29N7O5/c1-2-7-18(23(25)35)29-24(36)17(12-16-8-4-3-5-9-16)13-20(32)19-10-6-11-31(19)22(34)15-27-21(33)14-28-30-26/h1,3-5,8-9,17-19H,6-7,10-15H2,(H2,25,35)(H,27,33)(H,29,36). The van der Waals surface area contributed by atoms with Crippen molar-refractivity contribution >= 4 is 29.4 Å². The average molecular weight is 496 g/mol. The van der Waals surface area contributed by atoms with Gasteiger partial charge in [0.15, 0.2) is 5.78 Å². The van der Waals surface area contributed by atoms with Gasteiger partial charge in [-0.15, -0.1) is 12.3 Å². The molecule has 0 aromatic heterocycles. The molecule has 1 aromatic carbocycles. The molecule has 4 N–H and O–H groups in total. The van der Waals surface area contributed by atoms with E-state index in [2.05, 4.69) is 26.6 Å². The summed E-state index contributed by atoms with van der Waals surface area (Å²) in [6, 6.07) is 7.29. The lowest BCUT2D eigenvalue weighted by Gasteiger charge is -2.26. The third-order valence-corrected chi connectivity index (χ3v) is 5.78. The van der Waals surface area contributed by atoms with Crippen LogP contribution in [0.15, 0.2) is 35.4 Å². The van der Waals surface area contributed by atoms with E-state index < -0.39 is 48.2 Å². The number of hydrogen-bond donors (Lipinski definition) is 3. The van der Waals surface area contributed by atoms with Crippen molar-refractivity contribution in [1.29, 1.82) is 0 Å². The zero-order valence-electron chi connectivity index (χ0n) is 19.8. The molecular weight excluding hydrogens is 466 g/mol. The van der Waals surface area contributed by atoms with Crippen molar-refractivity contribution < 1.29 is 24.0 Å². The minimum atomic E-state index is -1.06. The van der Waals surface area contributed by atoms with Gasteiger partial charge in [-0.3, -0.25) is 24.0 Å². The Morgan fingerprint density at radius 3 is 2.61 bits per heavy atom. The molecule has 1 fully saturated rings. The van der Waals surface area contributed by atoms with Crippen molar-refractivity contribution in [1.82, 2.24) is 15.5 Å². The second-order valence-electron chi connectivity index (χ2n) is 8.34. The number of primary amides is 1. The summed E-state index contributed by atoms with van der Waals surface area (Å²) in [5, 5.41) is 8.03. The summed E-state index contributed by atoms with van der Waals surface area (Å²) in [7, 11) is 0. The van der Waals surface area contributed by atoms with E-state index in [9.17, 15) is 24.0 Å². The molecule has 12 nitrogen and oxygen atoms in total. The van der Waals surface area contributed by atoms with Crippen LogP contribution in [0.1, 0.15) is 31.2 Å². The van der Waals surface area contributed by atoms with E-state index in [-0.39, 0.29) is 31.6 Å². The molecule has 36 heavy (non-hydrogen) atoms. The lowest BCUT2D eigenvalue weighted by molar-refractivity contribution is -0.139. The Labute approximate surface area is 208 Å². The summed E-state index contributed by atoms with van der Waals surface area (Å²) < 4.78 is 0. The number of carbonyl (C=O) groups is 5. The maximum absolute atomic E-state index is 13.2. The Kier molecular flexibility index (Phi) is 10.9. The summed E-state index contributed by atoms with van der Waals surface area (Å²) in [4.78, 5) is 66.1. The van der Waals surface area contributed by atoms with Crippen LogP contribution in [0.4, 0.5) is 0 Å². The lowest BCUT2D eigenvalue weighted by Crippen LogP contribution is -2.49. The number of benzene rings is 1. The SMILES string of the molecule is C#CCC(NC(=O)C(CC(=O)C1CCCN1C(=O)CNC(=O)CN=[N+]=[N-])Cc1ccccc1)C(N)=O. The van der Waals surface area contributed by atoms with E-state index in [1.54, 1.807) is 0 Å². The van der Waals surface area contributed by atoms with Crippen molar-refractivity contribution in [2.45, 2.75) is 44.2 Å². The van der Waals surface area contributed by atoms with Gasteiger partial charge in [0.2, 0.25) is 23.6 Å². The number of amides is 4. The van der Waals surface area contributed by atoms with Crippen LogP contribution in [0.3, 0.4) is 0 Å². The van der Waals surface area contributed by atoms with Crippen LogP contribution in [-0.2, 0) is 30.4 Å². The van der Waals surface area contributed by atoms with E-state index in [0.29, 0.717) is 19.4 Å². The van der Waals surface area contributed by atoms with Crippen molar-refractivity contribution in [3.63, 3.8) is 0 Å². The second-order valence-corrected chi connectivity index (χ2v) is 8.34. The van der Waals surface area contributed by atoms with Gasteiger partial charge < -0.3 is 21.3 Å². The highest BCUT2D eigenvalue weighted by Gasteiger charge is 2.36. The van der Waals surface area contributed by atoms with E-state index in [1.807, 2.05) is 30.3 Å². The van der Waals surface area contributed by atoms with Gasteiger partial charge in [0.05, 0.1) is 12.6 Å². The number of nitrogens with zero attached hydrogens (tertiary/aromatic N) is 4. The number of terminal acetylenes is 1. The predicted octanol–water partition coefficient (Wildman–Crippen LogP) is 0.215. The number of Topliss-reactive ketones (excluding diaryl/α,β-unsaturated/α-hetero) is 1. The van der Waals surface area contributed by atoms with Gasteiger partial charge in [-0.2, -0.15) is 0 Å². The summed E-state index contributed by atoms with van der Waals surface area (Å²) in [6.07, 6.45) is 6.28. The Morgan fingerprint density at radius 1 is 1.25 bits per heavy atom. The fourth-order valence-electron chi connectivity index (χ4n) is 3.99. The Bertz CT molecular complexity index is 1060. The smallest absolute Gasteiger partial charge is 0.242 e. The molecule has 1 heterocycles. The van der Waals surface area contributed by atoms with Crippen LogP contribution in [0.5, 0.6) is 0 Å². The molecule has 0 bridgehead atoms. The zero-order chi connectivity index (χ0) is 26.5. The first-order valence-electron chi connectivity index (χ1n) is 11.4. The van der Waals surface area contributed by atoms with Crippen molar-refractivity contribution in [2.24, 2.45) is 16.8 Å². The highest BCUT2D eigenvalue weighted by Crippen LogP contribution is 2.23. The molecule has 1 aromatic rings. The van der Waals surface area contributed by atoms with Gasteiger partial charge in [-0.1, -0.05) is 35.4 Å². The van der Waals surface area contributed by atoms with E-state index in [1.165, 1.54) is 4.90 Å². The van der Waals surface area contributed by atoms with Gasteiger partial charge >= 0.3 is 0 Å². The molecule has 1 aliphatic heterocycles. The molecule has 0 spiro atoms. The Hall–Kier alpha value is -4.36. The summed E-state index contributed by atoms with van der Waals surface area (Å²) in [6.45, 7) is -0.443. The predicted molar refractivity (Wildman–Crippen MR) is 130 cm³/mol. The molecular formula is C24H29N7O5. The van der Waals surface area contributed by atoms with Crippen LogP contribution in [0.25, 0.3) is 10.4 Å². The summed E-state index contributed by atoms with van der Waals surface area (Å²) in [5.74, 6) is -1.20. The average Bonchev–Trinajstić information content (AvgIpc) is 3.36. The molecule has 1 aliphatic rings. The fraction of sp³-hybridized carbons (Fsp3) is 0.458. The third-order valence-electron chi connectivity index (χ3n) is 5.78. The van der Waals surface area contributed by atoms with Gasteiger partial charge in [0.1, 0.15) is 12.6 Å². The molecule has 1 saturated heterocycles. The Morgan fingerprint density at radius 2 is 1.97 bits per heavy atom. The molecule has 0 saturated carbocycles. The fourth-order valence-corrected chi connectivity index (χ4v) is 3.99. The van der Waals surface area contributed by atoms with E-state index in [4.69, 9.17) is 17.7 Å². The molecule has 3 atom stereocenters. The van der Waals surface area contributed by atoms with Gasteiger partial charge in [0.25, 0.3) is 0 Å². The van der Waals surface area contributed by atoms with Crippen molar-refractivity contribution in [3.8, 4) is 12.3 Å². The summed E-state index contributed by atoms with van der Waals surface area (Å²) >= 11 is 0. The molecule has 4 amide bonds. The lowest BCUT2D eigenvalue weighted by atomic mass is 9.90. The first-order valence-corrected chi connectivity index (χ1v) is 11.4. The van der Waals surface area contributed by atoms with Crippen LogP contribution in [0, 0.1) is 18.3 Å². The molecule has 190 valence electrons. The maximum Gasteiger partial charge on any atom is 0.242 e. The van der Waals surface area contributed by atoms with Gasteiger partial charge in [-0.05, 0) is 30.4 Å². The number of nitrogens with two attached hydrogens (primary N) is 1. The number of likely N-dealkylation sites (tertiary alicyclic amines) is 1. The van der Waals surface area contributed by atoms with Crippen LogP contribution in [-0.4, -0.2) is 66.0 Å². The van der Waals surface area contributed by atoms with Crippen LogP contribution in [0.2, 0.25) is 0 Å². The topological polar surface area (TPSA) is 187 Å². The largest absolute Gasteiger partial charge is 0.368 e. The quantitative estimate of drug-likeness (QED) is 0.152. The molecule has 2 rings (SSSR count). The summed E-state index contributed by atoms with van der Waals surface area (Å²) in [5.41, 5.74) is 14.4. The highest BCUT2D eigenvalue weighted by atomic mass is 16.2. The maximum atomic E-state index is 13.2. The van der Waals surface area contributed by atoms with Crippen LogP contribution >= 0.6 is 0 Å². The first kappa shape index (κ1) is 27.9. The number of carbonyl (C=O) groups excluding carboxylic acids is 5. The molecule has 12 heteroatoms. The highest BCUT2D eigenvalue weighted by molar-refractivity contribution is 5.95. The minimum absolute atomic E-state index is 0.0800. The number of rotatable bonds is 13. The van der Waals surface area contributed by atoms with Crippen LogP contribution < -0.4 is 16.4 Å². The zero-order valence-corrected chi connectivity index (χ0v) is 19.8. The third kappa shape index (κ3) is 8.45. The molecule has 3 unspecified atom stereocenters. The van der Waals surface area contributed by atoms with Gasteiger partial charge in [-0.25, -0.2) is 0 Å². The van der Waals surface area contributed by atoms with E-state index >= 15 is 0 Å². The van der Waals surface area contributed by atoms with Crippen molar-refractivity contribution in [2.75, 3.05) is 19.6 Å². The van der Waals surface area contributed by atoms with E-state index in [0.717, 1.165) is 5.56 Å². The number of azide groups is 1. The minimum Gasteiger partial charge on any atom is -0.368 e. The number of ketones is 1. The number of hydrogen-bond acceptors (Lipinski definition) is 6. The normalized spacial score (nSPS) is 16.1. The number of nitrogens with one attached hydrogen (secondary N) is 2. The monoisotopic (exact) mass is 495 g/mol. The Balaban J connectivity index is 2.11. The second kappa shape index (κ2) is 14.1. The van der Waals surface area contributed by atoms with Gasteiger partial charge in [0, 0.05) is 30.2 Å². The molecule has 0 aliphatic carbocycles. The van der Waals surface area contributed by atoms with Crippen molar-refractivity contribution in [3.05, 3.63) is 46.3 Å².